The van der Waals surface area contributed by atoms with Gasteiger partial charge in [-0.1, -0.05) is 72.6 Å². The third-order valence-electron chi connectivity index (χ3n) is 5.34. The number of allylic oxidation sites excluding steroid dienone is 2. The molecular weight excluding hydrogens is 601 g/mol. The Labute approximate surface area is 221 Å². The Kier molecular flexibility index (Phi) is 16.6. The monoisotopic (exact) mass is 644 g/mol. The van der Waals surface area contributed by atoms with Crippen molar-refractivity contribution in [3.63, 3.8) is 0 Å². The fourth-order valence-electron chi connectivity index (χ4n) is 3.44. The Hall–Kier alpha value is -1.84. The third kappa shape index (κ3) is 14.4. The molecule has 1 heterocycles. The van der Waals surface area contributed by atoms with Gasteiger partial charge in [-0.05, 0) is 37.7 Å². The van der Waals surface area contributed by atoms with Crippen LogP contribution < -0.4 is 0 Å². The topological polar surface area (TPSA) is 63.1 Å². The maximum absolute atomic E-state index is 10.0. The summed E-state index contributed by atoms with van der Waals surface area (Å²) < 4.78 is 0. The Morgan fingerprint density at radius 3 is 2.03 bits per heavy atom. The number of aliphatic hydroxyl groups is 1. The van der Waals surface area contributed by atoms with Crippen LogP contribution in [-0.4, -0.2) is 20.9 Å². The van der Waals surface area contributed by atoms with E-state index in [9.17, 15) is 4.79 Å². The summed E-state index contributed by atoms with van der Waals surface area (Å²) in [4.78, 5) is 19.2. The summed E-state index contributed by atoms with van der Waals surface area (Å²) in [5, 5.41) is 8.36. The van der Waals surface area contributed by atoms with Crippen LogP contribution in [0.4, 0.5) is 0 Å². The molecule has 1 N–H and O–H groups in total. The van der Waals surface area contributed by atoms with Gasteiger partial charge in [0.1, 0.15) is 0 Å². The number of aromatic nitrogens is 2. The van der Waals surface area contributed by atoms with Gasteiger partial charge < -0.3 is 5.11 Å². The number of hydrogen-bond acceptors (Lipinski definition) is 4. The SMILES string of the molecule is CC(=O)C=C(C)O.CCCCCCCCCCc1cnc(-c2[c-]ccc(C(C)(C)C)c2)nc1.[Ir]. The minimum absolute atomic E-state index is 0. The van der Waals surface area contributed by atoms with Crippen molar-refractivity contribution >= 4 is 5.78 Å². The van der Waals surface area contributed by atoms with Crippen molar-refractivity contribution in [2.24, 2.45) is 0 Å². The van der Waals surface area contributed by atoms with E-state index < -0.39 is 0 Å². The van der Waals surface area contributed by atoms with Gasteiger partial charge >= 0.3 is 0 Å². The molecule has 34 heavy (non-hydrogen) atoms. The molecule has 0 unspecified atom stereocenters. The number of aliphatic hydroxyl groups excluding tert-OH is 1. The number of carbonyl (C=O) groups excluding carboxylic acids is 1. The smallest absolute Gasteiger partial charge is 0.155 e. The van der Waals surface area contributed by atoms with Crippen molar-refractivity contribution in [2.45, 2.75) is 105 Å². The molecule has 0 atom stereocenters. The third-order valence-corrected chi connectivity index (χ3v) is 5.34. The number of ketones is 1. The number of aryl methyl sites for hydroxylation is 1. The van der Waals surface area contributed by atoms with Gasteiger partial charge in [0.05, 0.1) is 11.6 Å². The van der Waals surface area contributed by atoms with Crippen LogP contribution in [0.25, 0.3) is 11.4 Å². The van der Waals surface area contributed by atoms with Crippen LogP contribution in [0.3, 0.4) is 0 Å². The molecule has 1 aromatic carbocycles. The largest absolute Gasteiger partial charge is 0.512 e. The van der Waals surface area contributed by atoms with Crippen molar-refractivity contribution < 1.29 is 30.0 Å². The molecule has 4 nitrogen and oxygen atoms in total. The van der Waals surface area contributed by atoms with Crippen LogP contribution in [0, 0.1) is 6.07 Å². The quantitative estimate of drug-likeness (QED) is 0.117. The number of carbonyl (C=O) groups is 1. The first kappa shape index (κ1) is 32.2. The van der Waals surface area contributed by atoms with Gasteiger partial charge in [0.2, 0.25) is 0 Å². The second-order valence-electron chi connectivity index (χ2n) is 9.78. The normalized spacial score (nSPS) is 11.3. The standard InChI is InChI=1S/C24H35N2.C5H8O2.Ir/c1-5-6-7-8-9-10-11-12-14-20-18-25-23(26-19-20)21-15-13-16-22(17-21)24(2,3)4;1-4(6)3-5(2)7;/h13,16-19H,5-12,14H2,1-4H3;3,6H,1-2H3;/q-1;;. The van der Waals surface area contributed by atoms with Crippen molar-refractivity contribution in [3.05, 3.63) is 59.6 Å². The molecule has 0 aliphatic rings. The van der Waals surface area contributed by atoms with Crippen molar-refractivity contribution in [2.75, 3.05) is 0 Å². The predicted octanol–water partition coefficient (Wildman–Crippen LogP) is 7.96. The molecule has 5 heteroatoms. The molecule has 0 aliphatic heterocycles. The van der Waals surface area contributed by atoms with Gasteiger partial charge in [-0.3, -0.25) is 14.8 Å². The molecule has 0 saturated heterocycles. The number of unbranched alkanes of at least 4 members (excludes halogenated alkanes) is 7. The number of hydrogen-bond donors (Lipinski definition) is 1. The second-order valence-corrected chi connectivity index (χ2v) is 9.78. The Balaban J connectivity index is 0.00000119. The summed E-state index contributed by atoms with van der Waals surface area (Å²) in [5.74, 6) is 0.711. The van der Waals surface area contributed by atoms with E-state index in [1.165, 1.54) is 82.4 Å². The maximum Gasteiger partial charge on any atom is 0.155 e. The first-order valence-electron chi connectivity index (χ1n) is 12.3. The average Bonchev–Trinajstić information content (AvgIpc) is 2.75. The van der Waals surface area contributed by atoms with E-state index in [-0.39, 0.29) is 37.1 Å². The molecule has 2 aromatic rings. The number of rotatable bonds is 11. The molecule has 191 valence electrons. The molecule has 0 amide bonds. The predicted molar refractivity (Wildman–Crippen MR) is 138 cm³/mol. The molecule has 0 fully saturated rings. The van der Waals surface area contributed by atoms with E-state index in [1.807, 2.05) is 18.5 Å². The van der Waals surface area contributed by atoms with Gasteiger partial charge in [-0.2, -0.15) is 0 Å². The molecule has 0 aliphatic carbocycles. The van der Waals surface area contributed by atoms with Crippen LogP contribution >= 0.6 is 0 Å². The molecular formula is C29H43IrN2O2-. The van der Waals surface area contributed by atoms with Gasteiger partial charge in [-0.25, -0.2) is 0 Å². The molecule has 0 spiro atoms. The van der Waals surface area contributed by atoms with Gasteiger partial charge in [0.15, 0.2) is 5.78 Å². The average molecular weight is 644 g/mol. The summed E-state index contributed by atoms with van der Waals surface area (Å²) in [6.07, 6.45) is 17.0. The Morgan fingerprint density at radius 1 is 1.00 bits per heavy atom. The molecule has 1 radical (unpaired) electrons. The van der Waals surface area contributed by atoms with Gasteiger partial charge in [-0.15, -0.1) is 35.4 Å². The zero-order valence-electron chi connectivity index (χ0n) is 21.9. The van der Waals surface area contributed by atoms with Crippen molar-refractivity contribution in [1.82, 2.24) is 9.97 Å². The fraction of sp³-hybridized carbons (Fsp3) is 0.552. The molecule has 2 rings (SSSR count). The maximum atomic E-state index is 10.0. The van der Waals surface area contributed by atoms with Crippen LogP contribution in [0.5, 0.6) is 0 Å². The number of nitrogens with zero attached hydrogens (tertiary/aromatic N) is 2. The zero-order valence-corrected chi connectivity index (χ0v) is 24.3. The summed E-state index contributed by atoms with van der Waals surface area (Å²) in [6, 6.07) is 9.54. The van der Waals surface area contributed by atoms with Crippen molar-refractivity contribution in [3.8, 4) is 11.4 Å². The van der Waals surface area contributed by atoms with Crippen LogP contribution in [-0.2, 0) is 36.7 Å². The summed E-state index contributed by atoms with van der Waals surface area (Å²) >= 11 is 0. The van der Waals surface area contributed by atoms with E-state index in [1.54, 1.807) is 0 Å². The molecule has 0 bridgehead atoms. The van der Waals surface area contributed by atoms with E-state index in [0.717, 1.165) is 17.8 Å². The van der Waals surface area contributed by atoms with Crippen molar-refractivity contribution in [1.29, 1.82) is 0 Å². The Bertz CT molecular complexity index is 851. The van der Waals surface area contributed by atoms with E-state index >= 15 is 0 Å². The minimum Gasteiger partial charge on any atom is -0.512 e. The zero-order chi connectivity index (χ0) is 24.7. The first-order valence-corrected chi connectivity index (χ1v) is 12.3. The van der Waals surface area contributed by atoms with Crippen LogP contribution in [0.1, 0.15) is 104 Å². The Morgan fingerprint density at radius 2 is 1.56 bits per heavy atom. The molecule has 0 saturated carbocycles. The second kappa shape index (κ2) is 17.6. The summed E-state index contributed by atoms with van der Waals surface area (Å²) in [5.41, 5.74) is 3.64. The van der Waals surface area contributed by atoms with E-state index in [4.69, 9.17) is 5.11 Å². The van der Waals surface area contributed by atoms with E-state index in [0.29, 0.717) is 0 Å². The van der Waals surface area contributed by atoms with Crippen LogP contribution in [0.2, 0.25) is 0 Å². The van der Waals surface area contributed by atoms with Gasteiger partial charge in [0, 0.05) is 38.6 Å². The minimum atomic E-state index is -0.125. The van der Waals surface area contributed by atoms with Gasteiger partial charge in [0.25, 0.3) is 0 Å². The van der Waals surface area contributed by atoms with Crippen LogP contribution in [0.15, 0.2) is 42.4 Å². The number of benzene rings is 1. The first-order chi connectivity index (χ1) is 15.6. The fourth-order valence-corrected chi connectivity index (χ4v) is 3.44. The summed E-state index contributed by atoms with van der Waals surface area (Å²) in [7, 11) is 0. The molecule has 1 aromatic heterocycles. The van der Waals surface area contributed by atoms with E-state index in [2.05, 4.69) is 55.9 Å². The summed E-state index contributed by atoms with van der Waals surface area (Å²) in [6.45, 7) is 11.8.